The first-order valence-corrected chi connectivity index (χ1v) is 11.1. The van der Waals surface area contributed by atoms with Crippen molar-refractivity contribution >= 4 is 38.7 Å². The molecular formula is C24H23ClN4OS. The molecule has 3 heterocycles. The largest absolute Gasteiger partial charge is 0.306 e. The van der Waals surface area contributed by atoms with Crippen molar-refractivity contribution in [2.75, 3.05) is 14.1 Å². The lowest BCUT2D eigenvalue weighted by Crippen LogP contribution is -2.27. The minimum absolute atomic E-state index is 0.0754. The average molecular weight is 451 g/mol. The smallest absolute Gasteiger partial charge is 0.273 e. The van der Waals surface area contributed by atoms with Crippen molar-refractivity contribution < 1.29 is 0 Å². The predicted octanol–water partition coefficient (Wildman–Crippen LogP) is 5.48. The highest BCUT2D eigenvalue weighted by Crippen LogP contribution is 2.32. The number of halogens is 1. The fraction of sp³-hybridized carbons (Fsp3) is 0.208. The van der Waals surface area contributed by atoms with E-state index in [1.807, 2.05) is 62.6 Å². The van der Waals surface area contributed by atoms with Crippen molar-refractivity contribution in [3.05, 3.63) is 82.0 Å². The molecule has 7 heteroatoms. The summed E-state index contributed by atoms with van der Waals surface area (Å²) in [5, 5.41) is 9.92. The number of hydrogen-bond acceptors (Lipinski definition) is 5. The number of rotatable bonds is 6. The summed E-state index contributed by atoms with van der Waals surface area (Å²) in [6.07, 6.45) is 4.05. The van der Waals surface area contributed by atoms with Crippen LogP contribution in [-0.4, -0.2) is 40.3 Å². The summed E-state index contributed by atoms with van der Waals surface area (Å²) in [5.41, 5.74) is 2.77. The van der Waals surface area contributed by atoms with Crippen molar-refractivity contribution in [2.24, 2.45) is 0 Å². The molecule has 1 atom stereocenters. The van der Waals surface area contributed by atoms with E-state index in [2.05, 4.69) is 16.8 Å². The van der Waals surface area contributed by atoms with Gasteiger partial charge in [-0.25, -0.2) is 0 Å². The molecular weight excluding hydrogens is 428 g/mol. The summed E-state index contributed by atoms with van der Waals surface area (Å²) in [4.78, 5) is 20.7. The third kappa shape index (κ3) is 4.46. The Labute approximate surface area is 190 Å². The monoisotopic (exact) mass is 450 g/mol. The molecule has 0 aliphatic heterocycles. The van der Waals surface area contributed by atoms with Crippen LogP contribution >= 0.6 is 22.9 Å². The van der Waals surface area contributed by atoms with Crippen LogP contribution in [0.5, 0.6) is 0 Å². The van der Waals surface area contributed by atoms with E-state index in [0.717, 1.165) is 15.8 Å². The highest BCUT2D eigenvalue weighted by Gasteiger charge is 2.13. The number of fused-ring (bicyclic) bond motifs is 1. The summed E-state index contributed by atoms with van der Waals surface area (Å²) in [7, 11) is 4.00. The average Bonchev–Trinajstić information content (AvgIpc) is 3.20. The van der Waals surface area contributed by atoms with E-state index < -0.39 is 0 Å². The topological polar surface area (TPSA) is 62.0 Å². The number of nitrogens with zero attached hydrogens (tertiary/aromatic N) is 3. The van der Waals surface area contributed by atoms with Gasteiger partial charge in [0.25, 0.3) is 5.56 Å². The molecule has 0 aliphatic rings. The van der Waals surface area contributed by atoms with E-state index in [0.29, 0.717) is 33.2 Å². The van der Waals surface area contributed by atoms with Gasteiger partial charge in [-0.3, -0.25) is 14.3 Å². The molecule has 0 fully saturated rings. The van der Waals surface area contributed by atoms with Crippen LogP contribution < -0.4 is 5.56 Å². The summed E-state index contributed by atoms with van der Waals surface area (Å²) in [6.45, 7) is 2.08. The quantitative estimate of drug-likeness (QED) is 0.396. The Balaban J connectivity index is 1.64. The van der Waals surface area contributed by atoms with Crippen LogP contribution in [0.15, 0.2) is 65.7 Å². The molecule has 0 amide bonds. The number of hydrogen-bond donors (Lipinski definition) is 1. The second-order valence-corrected chi connectivity index (χ2v) is 9.28. The molecule has 4 rings (SSSR count). The third-order valence-corrected chi connectivity index (χ3v) is 6.86. The number of aromatic nitrogens is 2. The molecule has 0 aliphatic carbocycles. The van der Waals surface area contributed by atoms with Crippen LogP contribution in [0.3, 0.4) is 0 Å². The first-order chi connectivity index (χ1) is 14.8. The normalized spacial score (nSPS) is 12.4. The number of pyridine rings is 2. The first kappa shape index (κ1) is 21.4. The van der Waals surface area contributed by atoms with Gasteiger partial charge >= 0.3 is 0 Å². The van der Waals surface area contributed by atoms with Crippen molar-refractivity contribution in [3.8, 4) is 16.1 Å². The summed E-state index contributed by atoms with van der Waals surface area (Å²) in [5.74, 6) is 0. The van der Waals surface area contributed by atoms with Crippen LogP contribution in [0, 0.1) is 5.41 Å². The highest BCUT2D eigenvalue weighted by molar-refractivity contribution is 7.22. The third-order valence-electron chi connectivity index (χ3n) is 5.42. The van der Waals surface area contributed by atoms with Gasteiger partial charge in [0.15, 0.2) is 0 Å². The highest BCUT2D eigenvalue weighted by atomic mass is 35.5. The molecule has 0 radical (unpaired) electrons. The molecule has 3 aromatic heterocycles. The van der Waals surface area contributed by atoms with Gasteiger partial charge in [-0.05, 0) is 63.0 Å². The lowest BCUT2D eigenvalue weighted by atomic mass is 10.1. The Morgan fingerprint density at radius 3 is 2.58 bits per heavy atom. The van der Waals surface area contributed by atoms with Crippen molar-refractivity contribution in [3.63, 3.8) is 0 Å². The number of nitrogens with one attached hydrogen (secondary N) is 1. The van der Waals surface area contributed by atoms with Gasteiger partial charge in [-0.2, -0.15) is 0 Å². The Hall–Kier alpha value is -2.80. The minimum atomic E-state index is -0.0754. The van der Waals surface area contributed by atoms with Crippen molar-refractivity contribution in [1.29, 1.82) is 5.41 Å². The fourth-order valence-electron chi connectivity index (χ4n) is 3.28. The predicted molar refractivity (Wildman–Crippen MR) is 130 cm³/mol. The lowest BCUT2D eigenvalue weighted by Gasteiger charge is -2.19. The van der Waals surface area contributed by atoms with Crippen LogP contribution in [0.4, 0.5) is 0 Å². The molecule has 1 aromatic carbocycles. The number of thiophene rings is 1. The molecule has 1 N–H and O–H groups in total. The summed E-state index contributed by atoms with van der Waals surface area (Å²) >= 11 is 7.46. The van der Waals surface area contributed by atoms with Gasteiger partial charge in [0.2, 0.25) is 0 Å². The van der Waals surface area contributed by atoms with E-state index in [4.69, 9.17) is 17.0 Å². The Kier molecular flexibility index (Phi) is 6.05. The molecule has 31 heavy (non-hydrogen) atoms. The van der Waals surface area contributed by atoms with E-state index in [-0.39, 0.29) is 11.6 Å². The van der Waals surface area contributed by atoms with E-state index >= 15 is 0 Å². The van der Waals surface area contributed by atoms with Gasteiger partial charge in [0, 0.05) is 33.9 Å². The molecule has 0 bridgehead atoms. The molecule has 0 saturated carbocycles. The zero-order valence-corrected chi connectivity index (χ0v) is 19.2. The maximum absolute atomic E-state index is 13.1. The Morgan fingerprint density at radius 1 is 1.19 bits per heavy atom. The molecule has 158 valence electrons. The van der Waals surface area contributed by atoms with Gasteiger partial charge < -0.3 is 10.3 Å². The zero-order valence-electron chi connectivity index (χ0n) is 17.6. The maximum Gasteiger partial charge on any atom is 0.273 e. The van der Waals surface area contributed by atoms with Crippen LogP contribution in [0.1, 0.15) is 19.0 Å². The number of benzene rings is 1. The Morgan fingerprint density at radius 2 is 1.94 bits per heavy atom. The van der Waals surface area contributed by atoms with Crippen LogP contribution in [-0.2, 0) is 0 Å². The summed E-state index contributed by atoms with van der Waals surface area (Å²) < 4.78 is 2.30. The first-order valence-electron chi connectivity index (χ1n) is 9.95. The fourth-order valence-corrected chi connectivity index (χ4v) is 4.49. The van der Waals surface area contributed by atoms with Crippen molar-refractivity contribution in [1.82, 2.24) is 14.5 Å². The van der Waals surface area contributed by atoms with Crippen molar-refractivity contribution in [2.45, 2.75) is 19.4 Å². The molecule has 4 aromatic rings. The van der Waals surface area contributed by atoms with E-state index in [1.165, 1.54) is 11.3 Å². The van der Waals surface area contributed by atoms with Gasteiger partial charge in [0.05, 0.1) is 23.3 Å². The second-order valence-electron chi connectivity index (χ2n) is 7.79. The molecule has 1 unspecified atom stereocenters. The van der Waals surface area contributed by atoms with E-state index in [1.54, 1.807) is 17.0 Å². The maximum atomic E-state index is 13.1. The van der Waals surface area contributed by atoms with Gasteiger partial charge in [-0.1, -0.05) is 23.7 Å². The van der Waals surface area contributed by atoms with E-state index in [9.17, 15) is 4.79 Å². The summed E-state index contributed by atoms with van der Waals surface area (Å²) in [6, 6.07) is 15.5. The lowest BCUT2D eigenvalue weighted by molar-refractivity contribution is 0.321. The molecule has 0 saturated heterocycles. The van der Waals surface area contributed by atoms with Crippen LogP contribution in [0.25, 0.3) is 26.2 Å². The molecule has 5 nitrogen and oxygen atoms in total. The standard InChI is InChI=1S/C24H23ClN4OS/c1-15(28(2)3)12-20(26)21-9-8-19(14-27-21)29-11-10-17-13-22(31-23(17)24(29)30)16-4-6-18(25)7-5-16/h4-11,13-15,26H,12H2,1-3H3. The van der Waals surface area contributed by atoms with Crippen LogP contribution in [0.2, 0.25) is 5.02 Å². The van der Waals surface area contributed by atoms with Gasteiger partial charge in [-0.15, -0.1) is 11.3 Å². The minimum Gasteiger partial charge on any atom is -0.306 e. The molecule has 0 spiro atoms. The SMILES string of the molecule is CC(CC(=N)c1ccc(-n2ccc3cc(-c4ccc(Cl)cc4)sc3c2=O)cn1)N(C)C. The van der Waals surface area contributed by atoms with Gasteiger partial charge in [0.1, 0.15) is 4.70 Å². The Bertz CT molecular complexity index is 1290. The zero-order chi connectivity index (χ0) is 22.1. The second kappa shape index (κ2) is 8.75.